The number of alkyl halides is 3. The van der Waals surface area contributed by atoms with Gasteiger partial charge < -0.3 is 16.0 Å². The molecular weight excluding hydrogens is 517 g/mol. The summed E-state index contributed by atoms with van der Waals surface area (Å²) in [7, 11) is 0. The van der Waals surface area contributed by atoms with E-state index in [0.717, 1.165) is 46.1 Å². The lowest BCUT2D eigenvalue weighted by molar-refractivity contribution is -0.137. The predicted molar refractivity (Wildman–Crippen MR) is 140 cm³/mol. The normalized spacial score (nSPS) is 12.6. The zero-order chi connectivity index (χ0) is 26.9. The van der Waals surface area contributed by atoms with Gasteiger partial charge in [-0.1, -0.05) is 12.1 Å². The molecule has 3 N–H and O–H groups in total. The van der Waals surface area contributed by atoms with E-state index in [1.165, 1.54) is 19.1 Å². The summed E-state index contributed by atoms with van der Waals surface area (Å²) in [6, 6.07) is 14.4. The number of amides is 3. The number of carbonyl (C=O) groups excluding carboxylic acids is 2. The average molecular weight is 539 g/mol. The van der Waals surface area contributed by atoms with Crippen LogP contribution in [0.2, 0.25) is 0 Å². The summed E-state index contributed by atoms with van der Waals surface area (Å²) in [6.07, 6.45) is -2.83. The van der Waals surface area contributed by atoms with Crippen LogP contribution in [0, 0.1) is 0 Å². The van der Waals surface area contributed by atoms with E-state index in [1.807, 2.05) is 16.8 Å². The van der Waals surface area contributed by atoms with Crippen LogP contribution in [0.3, 0.4) is 0 Å². The van der Waals surface area contributed by atoms with Crippen molar-refractivity contribution in [3.05, 3.63) is 72.4 Å². The molecule has 8 nitrogen and oxygen atoms in total. The number of urea groups is 1. The zero-order valence-corrected chi connectivity index (χ0v) is 20.8. The van der Waals surface area contributed by atoms with Crippen molar-refractivity contribution < 1.29 is 22.8 Å². The third kappa shape index (κ3) is 5.49. The largest absolute Gasteiger partial charge is 0.416 e. The second-order valence-electron chi connectivity index (χ2n) is 8.45. The molecule has 12 heteroatoms. The lowest BCUT2D eigenvalue weighted by Crippen LogP contribution is -2.19. The molecular formula is C26H21F3N6O2S. The quantitative estimate of drug-likeness (QED) is 0.275. The van der Waals surface area contributed by atoms with Gasteiger partial charge in [0.2, 0.25) is 5.91 Å². The fourth-order valence-electron chi connectivity index (χ4n) is 4.05. The van der Waals surface area contributed by atoms with Gasteiger partial charge in [-0.15, -0.1) is 11.8 Å². The number of thioether (sulfide) groups is 1. The van der Waals surface area contributed by atoms with Crippen molar-refractivity contribution in [3.8, 4) is 22.4 Å². The van der Waals surface area contributed by atoms with E-state index in [1.54, 1.807) is 42.2 Å². The maximum absolute atomic E-state index is 12.8. The number of aromatic nitrogens is 3. The van der Waals surface area contributed by atoms with Gasteiger partial charge in [0.1, 0.15) is 16.5 Å². The average Bonchev–Trinajstić information content (AvgIpc) is 3.45. The molecule has 2 aromatic heterocycles. The Hall–Kier alpha value is -4.32. The Morgan fingerprint density at radius 3 is 2.45 bits per heavy atom. The molecule has 194 valence electrons. The van der Waals surface area contributed by atoms with E-state index in [2.05, 4.69) is 20.9 Å². The second-order valence-corrected chi connectivity index (χ2v) is 9.53. The molecule has 0 bridgehead atoms. The Balaban J connectivity index is 1.40. The minimum Gasteiger partial charge on any atom is -0.311 e. The van der Waals surface area contributed by atoms with Crippen molar-refractivity contribution in [1.82, 2.24) is 14.8 Å². The Kier molecular flexibility index (Phi) is 6.81. The van der Waals surface area contributed by atoms with Crippen LogP contribution >= 0.6 is 11.8 Å². The molecule has 0 saturated carbocycles. The Bertz CT molecular complexity index is 1520. The predicted octanol–water partition coefficient (Wildman–Crippen LogP) is 6.34. The first-order valence-electron chi connectivity index (χ1n) is 11.5. The first-order chi connectivity index (χ1) is 18.2. The van der Waals surface area contributed by atoms with E-state index in [-0.39, 0.29) is 11.6 Å². The van der Waals surface area contributed by atoms with E-state index >= 15 is 0 Å². The van der Waals surface area contributed by atoms with Crippen LogP contribution in [0.5, 0.6) is 0 Å². The van der Waals surface area contributed by atoms with Crippen LogP contribution in [-0.2, 0) is 17.5 Å². The molecule has 3 amide bonds. The molecule has 5 rings (SSSR count). The molecule has 0 spiro atoms. The van der Waals surface area contributed by atoms with Gasteiger partial charge in [-0.05, 0) is 54.1 Å². The summed E-state index contributed by atoms with van der Waals surface area (Å²) in [4.78, 5) is 28.3. The maximum Gasteiger partial charge on any atom is 0.416 e. The van der Waals surface area contributed by atoms with Crippen molar-refractivity contribution in [2.75, 3.05) is 21.7 Å². The van der Waals surface area contributed by atoms with Crippen LogP contribution in [0.25, 0.3) is 22.4 Å². The highest BCUT2D eigenvalue weighted by Gasteiger charge is 2.30. The smallest absolute Gasteiger partial charge is 0.311 e. The van der Waals surface area contributed by atoms with Crippen molar-refractivity contribution in [3.63, 3.8) is 0 Å². The minimum absolute atomic E-state index is 0.224. The summed E-state index contributed by atoms with van der Waals surface area (Å²) in [6.45, 7) is 2.17. The molecule has 4 aromatic rings. The summed E-state index contributed by atoms with van der Waals surface area (Å²) < 4.78 is 40.3. The Morgan fingerprint density at radius 1 is 0.947 bits per heavy atom. The summed E-state index contributed by atoms with van der Waals surface area (Å²) >= 11 is 1.69. The Labute approximate surface area is 219 Å². The molecule has 0 fully saturated rings. The van der Waals surface area contributed by atoms with Gasteiger partial charge in [-0.2, -0.15) is 18.3 Å². The van der Waals surface area contributed by atoms with Gasteiger partial charge in [-0.25, -0.2) is 9.78 Å². The van der Waals surface area contributed by atoms with Gasteiger partial charge in [0, 0.05) is 41.4 Å². The molecule has 0 saturated heterocycles. The highest BCUT2D eigenvalue weighted by atomic mass is 32.2. The lowest BCUT2D eigenvalue weighted by atomic mass is 10.0. The number of hydrogen-bond acceptors (Lipinski definition) is 5. The fourth-order valence-corrected chi connectivity index (χ4v) is 5.15. The number of benzene rings is 2. The number of pyridine rings is 1. The number of rotatable bonds is 5. The summed E-state index contributed by atoms with van der Waals surface area (Å²) in [5, 5.41) is 13.8. The number of halogens is 3. The number of anilines is 3. The molecule has 38 heavy (non-hydrogen) atoms. The van der Waals surface area contributed by atoms with Crippen molar-refractivity contribution in [2.45, 2.75) is 24.7 Å². The minimum atomic E-state index is -4.45. The number of hydrogen-bond donors (Lipinski definition) is 3. The first kappa shape index (κ1) is 25.3. The highest BCUT2D eigenvalue weighted by Crippen LogP contribution is 2.43. The van der Waals surface area contributed by atoms with E-state index in [0.29, 0.717) is 17.2 Å². The third-order valence-electron chi connectivity index (χ3n) is 5.66. The molecule has 0 radical (unpaired) electrons. The maximum atomic E-state index is 12.8. The molecule has 1 aliphatic rings. The number of fused-ring (bicyclic) bond motifs is 1. The monoisotopic (exact) mass is 538 g/mol. The van der Waals surface area contributed by atoms with Gasteiger partial charge in [-0.3, -0.25) is 9.48 Å². The summed E-state index contributed by atoms with van der Waals surface area (Å²) in [5.74, 6) is 1.10. The number of carbonyl (C=O) groups is 2. The van der Waals surface area contributed by atoms with Crippen LogP contribution in [0.15, 0.2) is 71.9 Å². The second kappa shape index (κ2) is 10.2. The van der Waals surface area contributed by atoms with Crippen LogP contribution in [0.4, 0.5) is 35.2 Å². The standard InChI is InChI=1S/C26H21F3N6O2S/c1-15(36)31-21-14-16(9-10-30-21)22-23(34-35-11-12-38-24(22)35)17-3-2-4-20(13-17)33-25(37)32-19-7-5-18(6-8-19)26(27,28)29/h2-10,13-14H,11-12H2,1H3,(H,30,31,36)(H2,32,33,37). The van der Waals surface area contributed by atoms with Crippen LogP contribution in [0.1, 0.15) is 12.5 Å². The first-order valence-corrected chi connectivity index (χ1v) is 12.5. The molecule has 0 atom stereocenters. The van der Waals surface area contributed by atoms with Gasteiger partial charge in [0.15, 0.2) is 0 Å². The number of aryl methyl sites for hydroxylation is 1. The zero-order valence-electron chi connectivity index (χ0n) is 20.0. The molecule has 0 unspecified atom stereocenters. The van der Waals surface area contributed by atoms with Crippen molar-refractivity contribution in [1.29, 1.82) is 0 Å². The van der Waals surface area contributed by atoms with Crippen molar-refractivity contribution in [2.24, 2.45) is 0 Å². The van der Waals surface area contributed by atoms with Gasteiger partial charge in [0.25, 0.3) is 0 Å². The van der Waals surface area contributed by atoms with Crippen LogP contribution < -0.4 is 16.0 Å². The third-order valence-corrected chi connectivity index (χ3v) is 6.74. The molecule has 0 aliphatic carbocycles. The highest BCUT2D eigenvalue weighted by molar-refractivity contribution is 7.99. The van der Waals surface area contributed by atoms with Gasteiger partial charge >= 0.3 is 12.2 Å². The van der Waals surface area contributed by atoms with E-state index in [4.69, 9.17) is 5.10 Å². The number of nitrogens with one attached hydrogen (secondary N) is 3. The van der Waals surface area contributed by atoms with E-state index < -0.39 is 17.8 Å². The molecule has 1 aliphatic heterocycles. The lowest BCUT2D eigenvalue weighted by Gasteiger charge is -2.11. The molecule has 3 heterocycles. The van der Waals surface area contributed by atoms with Crippen molar-refractivity contribution >= 4 is 40.9 Å². The SMILES string of the molecule is CC(=O)Nc1cc(-c2c(-c3cccc(NC(=O)Nc4ccc(C(F)(F)F)cc4)c3)nn3c2SCC3)ccn1. The topological polar surface area (TPSA) is 101 Å². The fraction of sp³-hybridized carbons (Fsp3) is 0.154. The Morgan fingerprint density at radius 2 is 1.71 bits per heavy atom. The van der Waals surface area contributed by atoms with Gasteiger partial charge in [0.05, 0.1) is 12.1 Å². The summed E-state index contributed by atoms with van der Waals surface area (Å²) in [5.41, 5.74) is 3.11. The van der Waals surface area contributed by atoms with Crippen LogP contribution in [-0.4, -0.2) is 32.5 Å². The van der Waals surface area contributed by atoms with E-state index in [9.17, 15) is 22.8 Å². The molecule has 2 aromatic carbocycles. The number of nitrogens with zero attached hydrogens (tertiary/aromatic N) is 3.